The average Bonchev–Trinajstić information content (AvgIpc) is 2.62. The molecule has 0 saturated carbocycles. The van der Waals surface area contributed by atoms with Crippen molar-refractivity contribution < 1.29 is 19.1 Å². The Balaban J connectivity index is 1.95. The van der Waals surface area contributed by atoms with E-state index in [9.17, 15) is 9.59 Å². The molecule has 0 radical (unpaired) electrons. The first-order chi connectivity index (χ1) is 12.8. The maximum atomic E-state index is 12.4. The van der Waals surface area contributed by atoms with E-state index in [2.05, 4.69) is 5.32 Å². The third kappa shape index (κ3) is 6.13. The fourth-order valence-corrected chi connectivity index (χ4v) is 2.45. The van der Waals surface area contributed by atoms with Crippen LogP contribution in [0.5, 0.6) is 5.75 Å². The van der Waals surface area contributed by atoms with Gasteiger partial charge < -0.3 is 14.8 Å². The zero-order chi connectivity index (χ0) is 20.0. The molecule has 0 aliphatic carbocycles. The minimum Gasteiger partial charge on any atom is -0.479 e. The monoisotopic (exact) mass is 369 g/mol. The molecule has 5 heteroatoms. The number of rotatable bonds is 7. The van der Waals surface area contributed by atoms with E-state index in [-0.39, 0.29) is 11.8 Å². The summed E-state index contributed by atoms with van der Waals surface area (Å²) in [4.78, 5) is 24.3. The second kappa shape index (κ2) is 9.21. The summed E-state index contributed by atoms with van der Waals surface area (Å²) in [6.45, 7) is 9.92. The molecule has 1 amide bonds. The van der Waals surface area contributed by atoms with E-state index >= 15 is 0 Å². The summed E-state index contributed by atoms with van der Waals surface area (Å²) in [6, 6.07) is 12.5. The van der Waals surface area contributed by atoms with Gasteiger partial charge >= 0.3 is 5.97 Å². The molecule has 0 spiro atoms. The number of hydrogen-bond donors (Lipinski definition) is 1. The van der Waals surface area contributed by atoms with Crippen LogP contribution in [0.4, 0.5) is 5.69 Å². The van der Waals surface area contributed by atoms with Gasteiger partial charge in [0.15, 0.2) is 6.10 Å². The van der Waals surface area contributed by atoms with E-state index < -0.39 is 12.1 Å². The van der Waals surface area contributed by atoms with Gasteiger partial charge in [-0.05, 0) is 62.6 Å². The maximum Gasteiger partial charge on any atom is 0.347 e. The normalized spacial score (nSPS) is 11.8. The van der Waals surface area contributed by atoms with Gasteiger partial charge in [0.25, 0.3) is 5.91 Å². The number of carbonyl (C=O) groups is 2. The number of hydrogen-bond acceptors (Lipinski definition) is 4. The van der Waals surface area contributed by atoms with Gasteiger partial charge in [0, 0.05) is 11.3 Å². The van der Waals surface area contributed by atoms with E-state index in [4.69, 9.17) is 9.47 Å². The number of aryl methyl sites for hydroxylation is 2. The quantitative estimate of drug-likeness (QED) is 0.729. The summed E-state index contributed by atoms with van der Waals surface area (Å²) in [7, 11) is 0. The van der Waals surface area contributed by atoms with E-state index in [1.54, 1.807) is 31.2 Å². The fraction of sp³-hybridized carbons (Fsp3) is 0.364. The fourth-order valence-electron chi connectivity index (χ4n) is 2.45. The Bertz CT molecular complexity index is 796. The minimum atomic E-state index is -0.710. The number of nitrogens with one attached hydrogen (secondary N) is 1. The Labute approximate surface area is 160 Å². The molecule has 2 aromatic rings. The molecule has 0 aliphatic heterocycles. The Hall–Kier alpha value is -2.82. The molecule has 5 nitrogen and oxygen atoms in total. The first-order valence-electron chi connectivity index (χ1n) is 9.08. The molecule has 0 fully saturated rings. The van der Waals surface area contributed by atoms with Crippen molar-refractivity contribution in [2.45, 2.75) is 40.7 Å². The Morgan fingerprint density at radius 3 is 2.26 bits per heavy atom. The van der Waals surface area contributed by atoms with Gasteiger partial charge in [-0.15, -0.1) is 0 Å². The third-order valence-electron chi connectivity index (χ3n) is 3.95. The van der Waals surface area contributed by atoms with E-state index in [1.807, 2.05) is 45.9 Å². The molecule has 0 aliphatic rings. The lowest BCUT2D eigenvalue weighted by atomic mass is 10.1. The number of esters is 1. The van der Waals surface area contributed by atoms with Crippen LogP contribution in [0.3, 0.4) is 0 Å². The van der Waals surface area contributed by atoms with E-state index in [1.165, 1.54) is 0 Å². The van der Waals surface area contributed by atoms with Gasteiger partial charge in [-0.25, -0.2) is 4.79 Å². The first-order valence-corrected chi connectivity index (χ1v) is 9.08. The zero-order valence-corrected chi connectivity index (χ0v) is 16.5. The minimum absolute atomic E-state index is 0.196. The molecule has 144 valence electrons. The van der Waals surface area contributed by atoms with Crippen molar-refractivity contribution in [1.29, 1.82) is 0 Å². The van der Waals surface area contributed by atoms with Gasteiger partial charge in [0.1, 0.15) is 5.75 Å². The summed E-state index contributed by atoms with van der Waals surface area (Å²) < 4.78 is 10.7. The molecule has 1 unspecified atom stereocenters. The Morgan fingerprint density at radius 2 is 1.67 bits per heavy atom. The van der Waals surface area contributed by atoms with Crippen LogP contribution in [-0.4, -0.2) is 24.6 Å². The summed E-state index contributed by atoms with van der Waals surface area (Å²) >= 11 is 0. The molecule has 1 atom stereocenters. The van der Waals surface area contributed by atoms with Crippen molar-refractivity contribution in [3.8, 4) is 5.75 Å². The predicted molar refractivity (Wildman–Crippen MR) is 106 cm³/mol. The van der Waals surface area contributed by atoms with Crippen molar-refractivity contribution in [2.24, 2.45) is 5.92 Å². The molecule has 2 rings (SSSR count). The summed E-state index contributed by atoms with van der Waals surface area (Å²) in [6.07, 6.45) is -0.710. The number of ether oxygens (including phenoxy) is 2. The van der Waals surface area contributed by atoms with Crippen LogP contribution < -0.4 is 10.1 Å². The van der Waals surface area contributed by atoms with E-state index in [0.717, 1.165) is 16.8 Å². The van der Waals surface area contributed by atoms with Crippen molar-refractivity contribution in [2.75, 3.05) is 11.9 Å². The van der Waals surface area contributed by atoms with Gasteiger partial charge in [0.2, 0.25) is 0 Å². The van der Waals surface area contributed by atoms with Crippen molar-refractivity contribution in [1.82, 2.24) is 0 Å². The van der Waals surface area contributed by atoms with Gasteiger partial charge in [-0.1, -0.05) is 31.5 Å². The highest BCUT2D eigenvalue weighted by atomic mass is 16.6. The van der Waals surface area contributed by atoms with Crippen LogP contribution in [0.25, 0.3) is 0 Å². The lowest BCUT2D eigenvalue weighted by Gasteiger charge is -2.15. The van der Waals surface area contributed by atoms with Crippen LogP contribution >= 0.6 is 0 Å². The largest absolute Gasteiger partial charge is 0.479 e. The third-order valence-corrected chi connectivity index (χ3v) is 3.95. The highest BCUT2D eigenvalue weighted by Gasteiger charge is 2.17. The molecule has 0 saturated heterocycles. The molecule has 2 aromatic carbocycles. The van der Waals surface area contributed by atoms with Crippen LogP contribution in [0.1, 0.15) is 42.3 Å². The average molecular weight is 369 g/mol. The number of amides is 1. The van der Waals surface area contributed by atoms with Gasteiger partial charge in [-0.3, -0.25) is 4.79 Å². The lowest BCUT2D eigenvalue weighted by Crippen LogP contribution is -2.27. The highest BCUT2D eigenvalue weighted by molar-refractivity contribution is 6.04. The van der Waals surface area contributed by atoms with Crippen molar-refractivity contribution >= 4 is 17.6 Å². The van der Waals surface area contributed by atoms with Crippen molar-refractivity contribution in [3.63, 3.8) is 0 Å². The second-order valence-corrected chi connectivity index (χ2v) is 7.08. The summed E-state index contributed by atoms with van der Waals surface area (Å²) in [5.41, 5.74) is 3.45. The predicted octanol–water partition coefficient (Wildman–Crippen LogP) is 4.52. The van der Waals surface area contributed by atoms with Crippen LogP contribution in [0, 0.1) is 19.8 Å². The lowest BCUT2D eigenvalue weighted by molar-refractivity contribution is -0.152. The number of carbonyl (C=O) groups excluding carboxylic acids is 2. The summed E-state index contributed by atoms with van der Waals surface area (Å²) in [5, 5.41) is 2.91. The molecule has 0 heterocycles. The van der Waals surface area contributed by atoms with Gasteiger partial charge in [0.05, 0.1) is 6.61 Å². The Morgan fingerprint density at radius 1 is 1.00 bits per heavy atom. The zero-order valence-electron chi connectivity index (χ0n) is 16.5. The molecule has 0 bridgehead atoms. The van der Waals surface area contributed by atoms with E-state index in [0.29, 0.717) is 17.9 Å². The van der Waals surface area contributed by atoms with Crippen LogP contribution in [0.2, 0.25) is 0 Å². The molecule has 1 N–H and O–H groups in total. The first kappa shape index (κ1) is 20.5. The number of benzene rings is 2. The molecule has 0 aromatic heterocycles. The van der Waals surface area contributed by atoms with Crippen LogP contribution in [0.15, 0.2) is 42.5 Å². The molecular formula is C22H27NO4. The standard InChI is InChI=1S/C22H27NO4/c1-14(2)13-26-22(25)17(5)27-19-9-7-18(8-10-19)21(24)23-20-11-6-15(3)12-16(20)4/h6-12,14,17H,13H2,1-5H3,(H,23,24). The maximum absolute atomic E-state index is 12.4. The molecular weight excluding hydrogens is 342 g/mol. The number of anilines is 1. The summed E-state index contributed by atoms with van der Waals surface area (Å²) in [5.74, 6) is 0.182. The second-order valence-electron chi connectivity index (χ2n) is 7.08. The molecule has 27 heavy (non-hydrogen) atoms. The highest BCUT2D eigenvalue weighted by Crippen LogP contribution is 2.19. The SMILES string of the molecule is Cc1ccc(NC(=O)c2ccc(OC(C)C(=O)OCC(C)C)cc2)c(C)c1. The Kier molecular flexibility index (Phi) is 6.99. The van der Waals surface area contributed by atoms with Crippen molar-refractivity contribution in [3.05, 3.63) is 59.2 Å². The smallest absolute Gasteiger partial charge is 0.347 e. The topological polar surface area (TPSA) is 64.6 Å². The van der Waals surface area contributed by atoms with Crippen LogP contribution in [-0.2, 0) is 9.53 Å². The van der Waals surface area contributed by atoms with Gasteiger partial charge in [-0.2, -0.15) is 0 Å².